The lowest BCUT2D eigenvalue weighted by atomic mass is 9.92. The number of methoxy groups -OCH3 is 1. The molecule has 3 nitrogen and oxygen atoms in total. The molecule has 102 valence electrons. The molecule has 0 radical (unpaired) electrons. The smallest absolute Gasteiger partial charge is 0.125 e. The molecule has 1 aliphatic carbocycles. The minimum Gasteiger partial charge on any atom is -0.381 e. The Labute approximate surface area is 118 Å². The van der Waals surface area contributed by atoms with Gasteiger partial charge in [-0.2, -0.15) is 0 Å². The monoisotopic (exact) mass is 278 g/mol. The van der Waals surface area contributed by atoms with Gasteiger partial charge in [-0.05, 0) is 37.8 Å². The highest BCUT2D eigenvalue weighted by Crippen LogP contribution is 2.33. The van der Waals surface area contributed by atoms with Crippen molar-refractivity contribution in [2.45, 2.75) is 43.7 Å². The predicted molar refractivity (Wildman–Crippen MR) is 77.6 cm³/mol. The molecule has 0 aliphatic heterocycles. The Balaban J connectivity index is 1.95. The Kier molecular flexibility index (Phi) is 3.76. The summed E-state index contributed by atoms with van der Waals surface area (Å²) in [7, 11) is 1.81. The van der Waals surface area contributed by atoms with Gasteiger partial charge in [0.25, 0.3) is 0 Å². The van der Waals surface area contributed by atoms with Crippen molar-refractivity contribution in [2.75, 3.05) is 7.11 Å². The van der Waals surface area contributed by atoms with Crippen molar-refractivity contribution in [1.29, 1.82) is 0 Å². The van der Waals surface area contributed by atoms with Crippen LogP contribution in [0.15, 0.2) is 24.3 Å². The zero-order valence-electron chi connectivity index (χ0n) is 11.2. The molecule has 1 aromatic carbocycles. The number of benzene rings is 1. The number of para-hydroxylation sites is 2. The first-order valence-corrected chi connectivity index (χ1v) is 7.41. The molecule has 19 heavy (non-hydrogen) atoms. The maximum absolute atomic E-state index is 6.07. The third kappa shape index (κ3) is 2.37. The molecule has 1 aromatic heterocycles. The summed E-state index contributed by atoms with van der Waals surface area (Å²) >= 11 is 6.07. The maximum Gasteiger partial charge on any atom is 0.125 e. The number of fused-ring (bicyclic) bond motifs is 1. The van der Waals surface area contributed by atoms with E-state index in [0.717, 1.165) is 37.0 Å². The van der Waals surface area contributed by atoms with Gasteiger partial charge in [0.1, 0.15) is 5.82 Å². The second kappa shape index (κ2) is 5.51. The number of nitrogens with zero attached hydrogens (tertiary/aromatic N) is 2. The number of ether oxygens (including phenoxy) is 1. The van der Waals surface area contributed by atoms with Gasteiger partial charge in [0, 0.05) is 13.2 Å². The second-order valence-corrected chi connectivity index (χ2v) is 5.45. The van der Waals surface area contributed by atoms with Gasteiger partial charge in [0.15, 0.2) is 0 Å². The van der Waals surface area contributed by atoms with Crippen LogP contribution < -0.4 is 0 Å². The fourth-order valence-corrected chi connectivity index (χ4v) is 3.32. The third-order valence-corrected chi connectivity index (χ3v) is 4.37. The van der Waals surface area contributed by atoms with E-state index in [1.807, 2.05) is 13.2 Å². The lowest BCUT2D eigenvalue weighted by molar-refractivity contribution is 0.0586. The molecule has 0 spiro atoms. The van der Waals surface area contributed by atoms with Crippen molar-refractivity contribution < 1.29 is 4.74 Å². The van der Waals surface area contributed by atoms with Crippen LogP contribution in [0.5, 0.6) is 0 Å². The molecule has 0 atom stereocenters. The van der Waals surface area contributed by atoms with Gasteiger partial charge in [0.05, 0.1) is 23.0 Å². The van der Waals surface area contributed by atoms with Crippen LogP contribution >= 0.6 is 11.6 Å². The van der Waals surface area contributed by atoms with E-state index in [0.29, 0.717) is 18.0 Å². The van der Waals surface area contributed by atoms with Gasteiger partial charge in [-0.1, -0.05) is 12.1 Å². The van der Waals surface area contributed by atoms with Crippen molar-refractivity contribution in [3.63, 3.8) is 0 Å². The number of imidazole rings is 1. The number of halogens is 1. The molecule has 0 amide bonds. The Morgan fingerprint density at radius 2 is 2.00 bits per heavy atom. The molecular weight excluding hydrogens is 260 g/mol. The summed E-state index contributed by atoms with van der Waals surface area (Å²) in [6.07, 6.45) is 4.95. The van der Waals surface area contributed by atoms with Gasteiger partial charge in [-0.3, -0.25) is 0 Å². The molecule has 0 N–H and O–H groups in total. The van der Waals surface area contributed by atoms with Crippen molar-refractivity contribution in [2.24, 2.45) is 0 Å². The van der Waals surface area contributed by atoms with Crippen molar-refractivity contribution in [1.82, 2.24) is 9.55 Å². The van der Waals surface area contributed by atoms with Crippen LogP contribution in [0.1, 0.15) is 37.5 Å². The summed E-state index contributed by atoms with van der Waals surface area (Å²) in [5.74, 6) is 1.46. The van der Waals surface area contributed by atoms with E-state index in [4.69, 9.17) is 16.3 Å². The van der Waals surface area contributed by atoms with Crippen LogP contribution in [0.3, 0.4) is 0 Å². The normalized spacial score (nSPS) is 23.9. The summed E-state index contributed by atoms with van der Waals surface area (Å²) in [4.78, 5) is 4.65. The molecule has 4 heteroatoms. The summed E-state index contributed by atoms with van der Waals surface area (Å²) in [6.45, 7) is 0. The molecule has 0 unspecified atom stereocenters. The highest BCUT2D eigenvalue weighted by atomic mass is 35.5. The van der Waals surface area contributed by atoms with Gasteiger partial charge < -0.3 is 9.30 Å². The van der Waals surface area contributed by atoms with E-state index >= 15 is 0 Å². The van der Waals surface area contributed by atoms with Crippen molar-refractivity contribution in [3.05, 3.63) is 30.1 Å². The van der Waals surface area contributed by atoms with Gasteiger partial charge in [-0.25, -0.2) is 4.98 Å². The van der Waals surface area contributed by atoms with E-state index in [-0.39, 0.29) is 0 Å². The van der Waals surface area contributed by atoms with Gasteiger partial charge in [0.2, 0.25) is 0 Å². The molecule has 1 heterocycles. The zero-order valence-corrected chi connectivity index (χ0v) is 11.9. The minimum atomic E-state index is 0.422. The summed E-state index contributed by atoms with van der Waals surface area (Å²) < 4.78 is 7.79. The number of aromatic nitrogens is 2. The molecule has 0 saturated heterocycles. The average Bonchev–Trinajstić information content (AvgIpc) is 2.86. The first-order valence-electron chi connectivity index (χ1n) is 6.88. The molecule has 1 saturated carbocycles. The Bertz CT molecular complexity index is 558. The fraction of sp³-hybridized carbons (Fsp3) is 0.533. The summed E-state index contributed by atoms with van der Waals surface area (Å²) in [6, 6.07) is 8.80. The van der Waals surface area contributed by atoms with Crippen molar-refractivity contribution in [3.8, 4) is 0 Å². The Hall–Kier alpha value is -1.06. The predicted octanol–water partition coefficient (Wildman–Crippen LogP) is 3.91. The molecule has 1 aliphatic rings. The lowest BCUT2D eigenvalue weighted by Crippen LogP contribution is -2.23. The van der Waals surface area contributed by atoms with Crippen LogP contribution in [0, 0.1) is 0 Å². The van der Waals surface area contributed by atoms with Crippen LogP contribution in [0.4, 0.5) is 0 Å². The summed E-state index contributed by atoms with van der Waals surface area (Å²) in [5, 5.41) is 0. The van der Waals surface area contributed by atoms with Crippen LogP contribution in [-0.4, -0.2) is 22.8 Å². The maximum atomic E-state index is 6.07. The first-order chi connectivity index (χ1) is 9.33. The van der Waals surface area contributed by atoms with Crippen molar-refractivity contribution >= 4 is 22.6 Å². The number of hydrogen-bond donors (Lipinski definition) is 0. The zero-order chi connectivity index (χ0) is 13.2. The third-order valence-electron chi connectivity index (χ3n) is 4.13. The topological polar surface area (TPSA) is 27.1 Å². The summed E-state index contributed by atoms with van der Waals surface area (Å²) in [5.41, 5.74) is 2.26. The van der Waals surface area contributed by atoms with Crippen LogP contribution in [0.25, 0.3) is 11.0 Å². The highest BCUT2D eigenvalue weighted by Gasteiger charge is 2.25. The number of hydrogen-bond acceptors (Lipinski definition) is 2. The molecule has 1 fully saturated rings. The molecular formula is C15H19ClN2O. The standard InChI is InChI=1S/C15H19ClN2O/c1-19-12-8-6-11(7-9-12)18-14-5-3-2-4-13(14)17-15(18)10-16/h2-5,11-12H,6-10H2,1H3. The number of alkyl halides is 1. The molecule has 0 bridgehead atoms. The first kappa shape index (κ1) is 12.9. The quantitative estimate of drug-likeness (QED) is 0.796. The van der Waals surface area contributed by atoms with E-state index < -0.39 is 0 Å². The fourth-order valence-electron chi connectivity index (χ4n) is 3.14. The van der Waals surface area contributed by atoms with E-state index in [9.17, 15) is 0 Å². The Morgan fingerprint density at radius 3 is 2.68 bits per heavy atom. The SMILES string of the molecule is COC1CCC(n2c(CCl)nc3ccccc32)CC1. The van der Waals surface area contributed by atoms with E-state index in [1.165, 1.54) is 5.52 Å². The largest absolute Gasteiger partial charge is 0.381 e. The minimum absolute atomic E-state index is 0.422. The highest BCUT2D eigenvalue weighted by molar-refractivity contribution is 6.16. The van der Waals surface area contributed by atoms with Gasteiger partial charge >= 0.3 is 0 Å². The van der Waals surface area contributed by atoms with Crippen LogP contribution in [-0.2, 0) is 10.6 Å². The Morgan fingerprint density at radius 1 is 1.26 bits per heavy atom. The second-order valence-electron chi connectivity index (χ2n) is 5.19. The number of rotatable bonds is 3. The van der Waals surface area contributed by atoms with E-state index in [2.05, 4.69) is 27.8 Å². The lowest BCUT2D eigenvalue weighted by Gasteiger charge is -2.29. The molecule has 3 rings (SSSR count). The average molecular weight is 279 g/mol. The van der Waals surface area contributed by atoms with Crippen LogP contribution in [0.2, 0.25) is 0 Å². The van der Waals surface area contributed by atoms with E-state index in [1.54, 1.807) is 0 Å². The molecule has 2 aromatic rings. The van der Waals surface area contributed by atoms with Gasteiger partial charge in [-0.15, -0.1) is 11.6 Å².